The van der Waals surface area contributed by atoms with Crippen molar-refractivity contribution in [1.29, 1.82) is 0 Å². The van der Waals surface area contributed by atoms with Gasteiger partial charge in [-0.05, 0) is 12.1 Å². The van der Waals surface area contributed by atoms with Crippen LogP contribution in [0.2, 0.25) is 0 Å². The zero-order valence-electron chi connectivity index (χ0n) is 10.1. The molecule has 2 heterocycles. The molecule has 6 nitrogen and oxygen atoms in total. The van der Waals surface area contributed by atoms with E-state index in [0.29, 0.717) is 11.4 Å². The van der Waals surface area contributed by atoms with Crippen molar-refractivity contribution in [2.45, 2.75) is 6.04 Å². The average Bonchev–Trinajstić information content (AvgIpc) is 2.74. The summed E-state index contributed by atoms with van der Waals surface area (Å²) in [4.78, 5) is 4.01. The lowest BCUT2D eigenvalue weighted by Gasteiger charge is -2.17. The van der Waals surface area contributed by atoms with Crippen LogP contribution in [0.25, 0.3) is 0 Å². The lowest BCUT2D eigenvalue weighted by atomic mass is 10.1. The van der Waals surface area contributed by atoms with Gasteiger partial charge >= 0.3 is 0 Å². The number of nitrogens with one attached hydrogen (secondary N) is 1. The molecule has 0 saturated carbocycles. The van der Waals surface area contributed by atoms with Gasteiger partial charge < -0.3 is 4.74 Å². The van der Waals surface area contributed by atoms with E-state index in [9.17, 15) is 4.39 Å². The second-order valence-corrected chi connectivity index (χ2v) is 3.69. The number of hydrogen-bond acceptors (Lipinski definition) is 5. The Labute approximate surface area is 104 Å². The third-order valence-corrected chi connectivity index (χ3v) is 2.67. The van der Waals surface area contributed by atoms with Crippen molar-refractivity contribution in [3.8, 4) is 5.75 Å². The first-order chi connectivity index (χ1) is 8.69. The fourth-order valence-electron chi connectivity index (χ4n) is 1.81. The quantitative estimate of drug-likeness (QED) is 0.611. The minimum absolute atomic E-state index is 0.196. The van der Waals surface area contributed by atoms with Crippen LogP contribution in [-0.4, -0.2) is 21.9 Å². The third-order valence-electron chi connectivity index (χ3n) is 2.67. The molecule has 1 atom stereocenters. The summed E-state index contributed by atoms with van der Waals surface area (Å²) in [7, 11) is 3.24. The van der Waals surface area contributed by atoms with Crippen LogP contribution >= 0.6 is 0 Å². The van der Waals surface area contributed by atoms with E-state index in [-0.39, 0.29) is 5.69 Å². The zero-order chi connectivity index (χ0) is 13.1. The highest BCUT2D eigenvalue weighted by atomic mass is 19.1. The van der Waals surface area contributed by atoms with E-state index >= 15 is 0 Å². The Balaban J connectivity index is 2.52. The Kier molecular flexibility index (Phi) is 3.54. The van der Waals surface area contributed by atoms with Gasteiger partial charge in [-0.25, -0.2) is 9.82 Å². The monoisotopic (exact) mass is 251 g/mol. The number of halogens is 1. The molecule has 2 aromatic rings. The van der Waals surface area contributed by atoms with Gasteiger partial charge in [0, 0.05) is 13.2 Å². The normalized spacial score (nSPS) is 12.4. The number of pyridine rings is 1. The van der Waals surface area contributed by atoms with Gasteiger partial charge in [0.1, 0.15) is 23.2 Å². The maximum Gasteiger partial charge on any atom is 0.162 e. The predicted molar refractivity (Wildman–Crippen MR) is 63.1 cm³/mol. The van der Waals surface area contributed by atoms with Crippen molar-refractivity contribution in [3.05, 3.63) is 41.7 Å². The summed E-state index contributed by atoms with van der Waals surface area (Å²) in [6.07, 6.45) is 3.05. The SMILES string of the molecule is COc1cnn(C)c1C(NN)c1ncccc1F. The maximum atomic E-state index is 13.8. The molecule has 3 N–H and O–H groups in total. The van der Waals surface area contributed by atoms with Gasteiger partial charge in [0.2, 0.25) is 0 Å². The lowest BCUT2D eigenvalue weighted by Crippen LogP contribution is -2.32. The Morgan fingerprint density at radius 2 is 2.33 bits per heavy atom. The summed E-state index contributed by atoms with van der Waals surface area (Å²) in [5, 5.41) is 4.06. The number of nitrogens with two attached hydrogens (primary N) is 1. The molecular weight excluding hydrogens is 237 g/mol. The van der Waals surface area contributed by atoms with Crippen LogP contribution in [0.5, 0.6) is 5.75 Å². The molecule has 2 aromatic heterocycles. The van der Waals surface area contributed by atoms with Crippen LogP contribution in [0, 0.1) is 5.82 Å². The molecule has 0 aliphatic carbocycles. The minimum atomic E-state index is -0.631. The molecule has 2 rings (SSSR count). The van der Waals surface area contributed by atoms with Crippen molar-refractivity contribution >= 4 is 0 Å². The largest absolute Gasteiger partial charge is 0.493 e. The summed E-state index contributed by atoms with van der Waals surface area (Å²) < 4.78 is 20.5. The highest BCUT2D eigenvalue weighted by molar-refractivity contribution is 5.34. The van der Waals surface area contributed by atoms with Gasteiger partial charge in [-0.1, -0.05) is 0 Å². The zero-order valence-corrected chi connectivity index (χ0v) is 10.1. The predicted octanol–water partition coefficient (Wildman–Crippen LogP) is 0.516. The number of aryl methyl sites for hydroxylation is 1. The molecule has 0 bridgehead atoms. The summed E-state index contributed by atoms with van der Waals surface area (Å²) in [5.41, 5.74) is 3.34. The Bertz CT molecular complexity index is 542. The van der Waals surface area contributed by atoms with Crippen molar-refractivity contribution in [1.82, 2.24) is 20.2 Å². The summed E-state index contributed by atoms with van der Waals surface area (Å²) in [6.45, 7) is 0. The minimum Gasteiger partial charge on any atom is -0.493 e. The van der Waals surface area contributed by atoms with Gasteiger partial charge in [0.15, 0.2) is 5.75 Å². The molecule has 0 amide bonds. The van der Waals surface area contributed by atoms with Crippen LogP contribution in [0.1, 0.15) is 17.4 Å². The standard InChI is InChI=1S/C11H14FN5O/c1-17-11(8(18-2)6-15-17)10(16-13)9-7(12)4-3-5-14-9/h3-6,10,16H,13H2,1-2H3. The van der Waals surface area contributed by atoms with Crippen LogP contribution < -0.4 is 16.0 Å². The highest BCUT2D eigenvalue weighted by Gasteiger charge is 2.25. The summed E-state index contributed by atoms with van der Waals surface area (Å²) >= 11 is 0. The number of hydrazine groups is 1. The fraction of sp³-hybridized carbons (Fsp3) is 0.273. The molecule has 0 aliphatic heterocycles. The van der Waals surface area contributed by atoms with Crippen molar-refractivity contribution in [2.24, 2.45) is 12.9 Å². The number of aromatic nitrogens is 3. The maximum absolute atomic E-state index is 13.8. The highest BCUT2D eigenvalue weighted by Crippen LogP contribution is 2.28. The van der Waals surface area contributed by atoms with E-state index < -0.39 is 11.9 Å². The Morgan fingerprint density at radius 3 is 2.94 bits per heavy atom. The molecular formula is C11H14FN5O. The number of rotatable bonds is 4. The smallest absolute Gasteiger partial charge is 0.162 e. The van der Waals surface area contributed by atoms with Crippen LogP contribution in [0.15, 0.2) is 24.5 Å². The molecule has 0 fully saturated rings. The van der Waals surface area contributed by atoms with Gasteiger partial charge in [0.25, 0.3) is 0 Å². The van der Waals surface area contributed by atoms with Crippen molar-refractivity contribution in [3.63, 3.8) is 0 Å². The van der Waals surface area contributed by atoms with E-state index in [2.05, 4.69) is 15.5 Å². The molecule has 96 valence electrons. The molecule has 0 aliphatic rings. The second kappa shape index (κ2) is 5.11. The molecule has 0 radical (unpaired) electrons. The van der Waals surface area contributed by atoms with Gasteiger partial charge in [-0.15, -0.1) is 0 Å². The molecule has 0 spiro atoms. The summed E-state index contributed by atoms with van der Waals surface area (Å²) in [6, 6.07) is 2.22. The van der Waals surface area contributed by atoms with Crippen molar-refractivity contribution in [2.75, 3.05) is 7.11 Å². The van der Waals surface area contributed by atoms with E-state index in [1.807, 2.05) is 0 Å². The van der Waals surface area contributed by atoms with Crippen LogP contribution in [0.3, 0.4) is 0 Å². The van der Waals surface area contributed by atoms with Gasteiger partial charge in [-0.3, -0.25) is 15.5 Å². The third kappa shape index (κ3) is 2.05. The van der Waals surface area contributed by atoms with E-state index in [0.717, 1.165) is 0 Å². The molecule has 0 saturated heterocycles. The summed E-state index contributed by atoms with van der Waals surface area (Å²) in [5.74, 6) is 5.58. The first-order valence-corrected chi connectivity index (χ1v) is 5.31. The number of methoxy groups -OCH3 is 1. The molecule has 0 aromatic carbocycles. The van der Waals surface area contributed by atoms with Gasteiger partial charge in [0.05, 0.1) is 13.3 Å². The first kappa shape index (κ1) is 12.5. The number of ether oxygens (including phenoxy) is 1. The van der Waals surface area contributed by atoms with E-state index in [1.54, 1.807) is 17.9 Å². The van der Waals surface area contributed by atoms with E-state index in [1.165, 1.54) is 25.4 Å². The Hall–Kier alpha value is -1.99. The second-order valence-electron chi connectivity index (χ2n) is 3.69. The average molecular weight is 251 g/mol. The van der Waals surface area contributed by atoms with Crippen molar-refractivity contribution < 1.29 is 9.13 Å². The van der Waals surface area contributed by atoms with Crippen LogP contribution in [-0.2, 0) is 7.05 Å². The Morgan fingerprint density at radius 1 is 1.56 bits per heavy atom. The molecule has 1 unspecified atom stereocenters. The number of hydrogen-bond donors (Lipinski definition) is 2. The van der Waals surface area contributed by atoms with E-state index in [4.69, 9.17) is 10.6 Å². The first-order valence-electron chi connectivity index (χ1n) is 5.31. The molecule has 7 heteroatoms. The lowest BCUT2D eigenvalue weighted by molar-refractivity contribution is 0.398. The van der Waals surface area contributed by atoms with Crippen LogP contribution in [0.4, 0.5) is 4.39 Å². The topological polar surface area (TPSA) is 78.0 Å². The fourth-order valence-corrected chi connectivity index (χ4v) is 1.81. The molecule has 18 heavy (non-hydrogen) atoms. The van der Waals surface area contributed by atoms with Gasteiger partial charge in [-0.2, -0.15) is 5.10 Å². The number of nitrogens with zero attached hydrogens (tertiary/aromatic N) is 3.